The highest BCUT2D eigenvalue weighted by atomic mass is 16.5. The zero-order chi connectivity index (χ0) is 16.6. The molecular weight excluding hydrogens is 304 g/mol. The van der Waals surface area contributed by atoms with Gasteiger partial charge in [0.1, 0.15) is 12.1 Å². The maximum absolute atomic E-state index is 12.2. The van der Waals surface area contributed by atoms with Crippen LogP contribution in [0.25, 0.3) is 10.9 Å². The smallest absolute Gasteiger partial charge is 0.225 e. The fourth-order valence-corrected chi connectivity index (χ4v) is 3.68. The summed E-state index contributed by atoms with van der Waals surface area (Å²) in [6, 6.07) is 8.08. The molecule has 2 aliphatic heterocycles. The van der Waals surface area contributed by atoms with E-state index in [4.69, 9.17) is 4.74 Å². The molecule has 24 heavy (non-hydrogen) atoms. The quantitative estimate of drug-likeness (QED) is 0.800. The molecule has 2 fully saturated rings. The monoisotopic (exact) mass is 326 g/mol. The molecule has 0 aliphatic carbocycles. The third kappa shape index (κ3) is 2.71. The van der Waals surface area contributed by atoms with E-state index in [9.17, 15) is 4.79 Å². The van der Waals surface area contributed by atoms with Gasteiger partial charge in [-0.1, -0.05) is 12.1 Å². The number of aromatic nitrogens is 2. The zero-order valence-corrected chi connectivity index (χ0v) is 13.9. The van der Waals surface area contributed by atoms with Crippen LogP contribution in [0.2, 0.25) is 0 Å². The molecule has 126 valence electrons. The second kappa shape index (κ2) is 6.02. The predicted octanol–water partition coefficient (Wildman–Crippen LogP) is 1.85. The molecule has 2 aromatic rings. The van der Waals surface area contributed by atoms with Gasteiger partial charge in [-0.2, -0.15) is 0 Å². The summed E-state index contributed by atoms with van der Waals surface area (Å²) in [5, 5.41) is 1.08. The molecule has 3 heterocycles. The molecule has 1 amide bonds. The largest absolute Gasteiger partial charge is 0.372 e. The van der Waals surface area contributed by atoms with E-state index in [0.29, 0.717) is 19.6 Å². The van der Waals surface area contributed by atoms with Crippen molar-refractivity contribution in [2.45, 2.75) is 24.9 Å². The van der Waals surface area contributed by atoms with E-state index in [2.05, 4.69) is 20.9 Å². The first kappa shape index (κ1) is 15.3. The Balaban J connectivity index is 1.54. The summed E-state index contributed by atoms with van der Waals surface area (Å²) in [5.41, 5.74) is 0.659. The lowest BCUT2D eigenvalue weighted by atomic mass is 9.87. The number of fused-ring (bicyclic) bond motifs is 1. The van der Waals surface area contributed by atoms with Crippen molar-refractivity contribution in [1.29, 1.82) is 0 Å². The average molecular weight is 326 g/mol. The van der Waals surface area contributed by atoms with Gasteiger partial charge in [0.2, 0.25) is 5.91 Å². The molecule has 0 atom stereocenters. The van der Waals surface area contributed by atoms with Crippen molar-refractivity contribution in [3.63, 3.8) is 0 Å². The van der Waals surface area contributed by atoms with E-state index in [1.54, 1.807) is 11.2 Å². The molecule has 0 bridgehead atoms. The van der Waals surface area contributed by atoms with Crippen LogP contribution in [0.15, 0.2) is 30.6 Å². The highest BCUT2D eigenvalue weighted by Crippen LogP contribution is 2.34. The molecule has 1 aromatic carbocycles. The zero-order valence-electron chi connectivity index (χ0n) is 13.9. The van der Waals surface area contributed by atoms with Gasteiger partial charge in [0.15, 0.2) is 0 Å². The first-order chi connectivity index (χ1) is 11.7. The first-order valence-corrected chi connectivity index (χ1v) is 8.50. The summed E-state index contributed by atoms with van der Waals surface area (Å²) in [4.78, 5) is 25.1. The Kier molecular flexibility index (Phi) is 3.84. The van der Waals surface area contributed by atoms with E-state index in [0.717, 1.165) is 42.7 Å². The number of benzene rings is 1. The van der Waals surface area contributed by atoms with Crippen LogP contribution < -0.4 is 4.90 Å². The van der Waals surface area contributed by atoms with Crippen molar-refractivity contribution in [2.24, 2.45) is 0 Å². The molecule has 1 spiro atoms. The van der Waals surface area contributed by atoms with Crippen LogP contribution in [-0.2, 0) is 9.53 Å². The number of rotatable bonds is 1. The number of piperidine rings is 1. The van der Waals surface area contributed by atoms with Crippen molar-refractivity contribution in [3.05, 3.63) is 30.6 Å². The molecule has 6 nitrogen and oxygen atoms in total. The third-order valence-electron chi connectivity index (χ3n) is 5.23. The van der Waals surface area contributed by atoms with Crippen LogP contribution in [-0.4, -0.2) is 59.7 Å². The lowest BCUT2D eigenvalue weighted by Gasteiger charge is -2.41. The fourth-order valence-electron chi connectivity index (χ4n) is 3.68. The van der Waals surface area contributed by atoms with Crippen LogP contribution in [0.5, 0.6) is 0 Å². The van der Waals surface area contributed by atoms with Gasteiger partial charge < -0.3 is 14.5 Å². The van der Waals surface area contributed by atoms with E-state index in [-0.39, 0.29) is 11.5 Å². The Labute approximate surface area is 141 Å². The molecule has 1 aromatic heterocycles. The summed E-state index contributed by atoms with van der Waals surface area (Å²) >= 11 is 0. The Bertz CT molecular complexity index is 750. The second-order valence-electron chi connectivity index (χ2n) is 6.73. The summed E-state index contributed by atoms with van der Waals surface area (Å²) in [6.45, 7) is 3.00. The highest BCUT2D eigenvalue weighted by molar-refractivity contribution is 5.89. The standard InChI is InChI=1S/C18H22N4O2/c1-21-10-11-24-18(12-16(21)23)6-8-22(9-7-18)17-14-4-2-3-5-15(14)19-13-20-17/h2-5,13H,6-12H2,1H3. The Morgan fingerprint density at radius 1 is 1.12 bits per heavy atom. The Morgan fingerprint density at radius 3 is 2.75 bits per heavy atom. The van der Waals surface area contributed by atoms with Gasteiger partial charge in [0.05, 0.1) is 24.1 Å². The topological polar surface area (TPSA) is 58.6 Å². The van der Waals surface area contributed by atoms with Crippen molar-refractivity contribution < 1.29 is 9.53 Å². The van der Waals surface area contributed by atoms with Gasteiger partial charge in [0.25, 0.3) is 0 Å². The molecule has 6 heteroatoms. The molecule has 4 rings (SSSR count). The van der Waals surface area contributed by atoms with E-state index in [1.807, 2.05) is 25.2 Å². The SMILES string of the molecule is CN1CCOC2(CCN(c3ncnc4ccccc34)CC2)CC1=O. The lowest BCUT2D eigenvalue weighted by molar-refractivity contribution is -0.133. The molecule has 2 saturated heterocycles. The second-order valence-corrected chi connectivity index (χ2v) is 6.73. The van der Waals surface area contributed by atoms with E-state index in [1.165, 1.54) is 0 Å². The van der Waals surface area contributed by atoms with Gasteiger partial charge >= 0.3 is 0 Å². The average Bonchev–Trinajstić information content (AvgIpc) is 2.74. The van der Waals surface area contributed by atoms with Gasteiger partial charge in [-0.3, -0.25) is 4.79 Å². The predicted molar refractivity (Wildman–Crippen MR) is 91.9 cm³/mol. The van der Waals surface area contributed by atoms with Crippen molar-refractivity contribution in [3.8, 4) is 0 Å². The third-order valence-corrected chi connectivity index (χ3v) is 5.23. The molecule has 0 unspecified atom stereocenters. The highest BCUT2D eigenvalue weighted by Gasteiger charge is 2.40. The van der Waals surface area contributed by atoms with Crippen LogP contribution in [0.4, 0.5) is 5.82 Å². The normalized spacial score (nSPS) is 21.3. The number of para-hydroxylation sites is 1. The number of likely N-dealkylation sites (N-methyl/N-ethyl adjacent to an activating group) is 1. The maximum atomic E-state index is 12.2. The minimum Gasteiger partial charge on any atom is -0.372 e. The van der Waals surface area contributed by atoms with Crippen LogP contribution in [0, 0.1) is 0 Å². The van der Waals surface area contributed by atoms with E-state index >= 15 is 0 Å². The van der Waals surface area contributed by atoms with Crippen LogP contribution in [0.1, 0.15) is 19.3 Å². The molecule has 0 N–H and O–H groups in total. The van der Waals surface area contributed by atoms with Crippen LogP contribution >= 0.6 is 0 Å². The summed E-state index contributed by atoms with van der Waals surface area (Å²) < 4.78 is 6.12. The Hall–Kier alpha value is -2.21. The minimum absolute atomic E-state index is 0.188. The summed E-state index contributed by atoms with van der Waals surface area (Å²) in [6.07, 6.45) is 3.82. The van der Waals surface area contributed by atoms with Crippen molar-refractivity contribution in [2.75, 3.05) is 38.2 Å². The van der Waals surface area contributed by atoms with Crippen molar-refractivity contribution >= 4 is 22.6 Å². The number of nitrogens with zero attached hydrogens (tertiary/aromatic N) is 4. The number of carbonyl (C=O) groups is 1. The van der Waals surface area contributed by atoms with Gasteiger partial charge in [-0.25, -0.2) is 9.97 Å². The number of anilines is 1. The number of hydrogen-bond donors (Lipinski definition) is 0. The lowest BCUT2D eigenvalue weighted by Crippen LogP contribution is -2.47. The molecule has 0 radical (unpaired) electrons. The molecule has 0 saturated carbocycles. The summed E-state index contributed by atoms with van der Waals surface area (Å²) in [7, 11) is 1.85. The number of hydrogen-bond acceptors (Lipinski definition) is 5. The number of ether oxygens (including phenoxy) is 1. The fraction of sp³-hybridized carbons (Fsp3) is 0.500. The summed E-state index contributed by atoms with van der Waals surface area (Å²) in [5.74, 6) is 1.17. The van der Waals surface area contributed by atoms with Gasteiger partial charge in [-0.15, -0.1) is 0 Å². The molecule has 2 aliphatic rings. The van der Waals surface area contributed by atoms with Gasteiger partial charge in [-0.05, 0) is 25.0 Å². The first-order valence-electron chi connectivity index (χ1n) is 8.50. The van der Waals surface area contributed by atoms with E-state index < -0.39 is 0 Å². The molecular formula is C18H22N4O2. The maximum Gasteiger partial charge on any atom is 0.225 e. The minimum atomic E-state index is -0.304. The van der Waals surface area contributed by atoms with Crippen molar-refractivity contribution in [1.82, 2.24) is 14.9 Å². The number of amides is 1. The Morgan fingerprint density at radius 2 is 1.92 bits per heavy atom. The van der Waals surface area contributed by atoms with Crippen LogP contribution in [0.3, 0.4) is 0 Å². The number of carbonyl (C=O) groups excluding carboxylic acids is 1. The van der Waals surface area contributed by atoms with Gasteiger partial charge in [0, 0.05) is 32.1 Å².